The van der Waals surface area contributed by atoms with Gasteiger partial charge in [0.1, 0.15) is 11.6 Å². The number of aromatic nitrogens is 2. The minimum atomic E-state index is -3.57. The fourth-order valence-electron chi connectivity index (χ4n) is 3.94. The Hall–Kier alpha value is -3.04. The van der Waals surface area contributed by atoms with E-state index < -0.39 is 10.0 Å². The molecule has 1 N–H and O–H groups in total. The molecule has 1 amide bonds. The summed E-state index contributed by atoms with van der Waals surface area (Å²) >= 11 is 0. The summed E-state index contributed by atoms with van der Waals surface area (Å²) in [5.41, 5.74) is 1.17. The molecule has 0 unspecified atom stereocenters. The first-order valence-electron chi connectivity index (χ1n) is 11.3. The van der Waals surface area contributed by atoms with Crippen molar-refractivity contribution >= 4 is 21.7 Å². The molecule has 3 aromatic rings. The third kappa shape index (κ3) is 5.05. The summed E-state index contributed by atoms with van der Waals surface area (Å²) in [4.78, 5) is 13.4. The second-order valence-corrected chi connectivity index (χ2v) is 11.5. The average molecular weight is 485 g/mol. The number of piperidine rings is 1. The lowest BCUT2D eigenvalue weighted by Crippen LogP contribution is -2.41. The van der Waals surface area contributed by atoms with Crippen molar-refractivity contribution in [2.24, 2.45) is 5.92 Å². The molecule has 2 heterocycles. The van der Waals surface area contributed by atoms with Crippen LogP contribution in [-0.2, 0) is 20.2 Å². The van der Waals surface area contributed by atoms with Crippen molar-refractivity contribution in [1.82, 2.24) is 14.1 Å². The van der Waals surface area contributed by atoms with Gasteiger partial charge in [0.15, 0.2) is 0 Å². The summed E-state index contributed by atoms with van der Waals surface area (Å²) in [7, 11) is -3.57. The van der Waals surface area contributed by atoms with Gasteiger partial charge in [0.05, 0.1) is 16.3 Å². The minimum absolute atomic E-state index is 0.180. The average Bonchev–Trinajstić information content (AvgIpc) is 3.24. The number of nitrogens with one attached hydrogen (secondary N) is 1. The van der Waals surface area contributed by atoms with Crippen LogP contribution in [0.1, 0.15) is 39.3 Å². The highest BCUT2D eigenvalue weighted by molar-refractivity contribution is 7.89. The van der Waals surface area contributed by atoms with Crippen molar-refractivity contribution in [3.8, 4) is 5.69 Å². The smallest absolute Gasteiger partial charge is 0.243 e. The fourth-order valence-corrected chi connectivity index (χ4v) is 5.43. The Morgan fingerprint density at radius 2 is 1.65 bits per heavy atom. The topological polar surface area (TPSA) is 84.3 Å². The standard InChI is InChI=1S/C25H29FN4O3S/c1-25(2,3)22-17-23(30(28-22)20-11-9-19(26)10-12-20)27-24(31)18-13-15-29(16-14-18)34(32,33)21-7-5-4-6-8-21/h4-12,17-18H,13-16H2,1-3H3,(H,27,31). The Bertz CT molecular complexity index is 1260. The molecule has 1 fully saturated rings. The second-order valence-electron chi connectivity index (χ2n) is 9.53. The highest BCUT2D eigenvalue weighted by Gasteiger charge is 2.32. The van der Waals surface area contributed by atoms with Crippen LogP contribution in [0.25, 0.3) is 5.69 Å². The minimum Gasteiger partial charge on any atom is -0.310 e. The van der Waals surface area contributed by atoms with E-state index in [1.54, 1.807) is 47.1 Å². The third-order valence-electron chi connectivity index (χ3n) is 6.01. The summed E-state index contributed by atoms with van der Waals surface area (Å²) in [5.74, 6) is -0.354. The number of carbonyl (C=O) groups excluding carboxylic acids is 1. The molecule has 0 spiro atoms. The molecule has 1 saturated heterocycles. The number of benzene rings is 2. The summed E-state index contributed by atoms with van der Waals surface area (Å²) < 4.78 is 42.2. The van der Waals surface area contributed by atoms with E-state index in [-0.39, 0.29) is 41.0 Å². The summed E-state index contributed by atoms with van der Waals surface area (Å²) in [6.45, 7) is 6.63. The number of amides is 1. The van der Waals surface area contributed by atoms with Crippen LogP contribution in [0.15, 0.2) is 65.6 Å². The lowest BCUT2D eigenvalue weighted by atomic mass is 9.92. The van der Waals surface area contributed by atoms with Crippen LogP contribution < -0.4 is 5.32 Å². The predicted octanol–water partition coefficient (Wildman–Crippen LogP) is 4.35. The zero-order valence-corrected chi connectivity index (χ0v) is 20.3. The maximum Gasteiger partial charge on any atom is 0.243 e. The van der Waals surface area contributed by atoms with E-state index >= 15 is 0 Å². The number of hydrogen-bond acceptors (Lipinski definition) is 4. The second kappa shape index (κ2) is 9.31. The lowest BCUT2D eigenvalue weighted by Gasteiger charge is -2.30. The largest absolute Gasteiger partial charge is 0.310 e. The molecule has 180 valence electrons. The molecular weight excluding hydrogens is 455 g/mol. The highest BCUT2D eigenvalue weighted by Crippen LogP contribution is 2.28. The molecular formula is C25H29FN4O3S. The molecule has 1 aliphatic heterocycles. The molecule has 2 aromatic carbocycles. The van der Waals surface area contributed by atoms with E-state index in [0.717, 1.165) is 5.69 Å². The first-order valence-corrected chi connectivity index (χ1v) is 12.7. The van der Waals surface area contributed by atoms with Gasteiger partial charge in [0.2, 0.25) is 15.9 Å². The fraction of sp³-hybridized carbons (Fsp3) is 0.360. The van der Waals surface area contributed by atoms with Crippen LogP contribution >= 0.6 is 0 Å². The highest BCUT2D eigenvalue weighted by atomic mass is 32.2. The van der Waals surface area contributed by atoms with Crippen LogP contribution in [0, 0.1) is 11.7 Å². The molecule has 9 heteroatoms. The molecule has 0 saturated carbocycles. The van der Waals surface area contributed by atoms with Gasteiger partial charge in [-0.25, -0.2) is 17.5 Å². The Morgan fingerprint density at radius 3 is 2.24 bits per heavy atom. The van der Waals surface area contributed by atoms with Gasteiger partial charge in [0, 0.05) is 30.5 Å². The number of hydrogen-bond donors (Lipinski definition) is 1. The Kier molecular flexibility index (Phi) is 6.60. The Labute approximate surface area is 199 Å². The summed E-state index contributed by atoms with van der Waals surface area (Å²) in [5, 5.41) is 7.62. The maximum absolute atomic E-state index is 13.4. The van der Waals surface area contributed by atoms with E-state index in [2.05, 4.69) is 10.4 Å². The SMILES string of the molecule is CC(C)(C)c1cc(NC(=O)C2CCN(S(=O)(=O)c3ccccc3)CC2)n(-c2ccc(F)cc2)n1. The Morgan fingerprint density at radius 1 is 1.03 bits per heavy atom. The molecule has 0 radical (unpaired) electrons. The number of rotatable bonds is 5. The van der Waals surface area contributed by atoms with Gasteiger partial charge < -0.3 is 5.32 Å². The van der Waals surface area contributed by atoms with Gasteiger partial charge in [-0.05, 0) is 49.2 Å². The molecule has 0 bridgehead atoms. The monoisotopic (exact) mass is 484 g/mol. The van der Waals surface area contributed by atoms with Crippen LogP contribution in [0.5, 0.6) is 0 Å². The normalized spacial score (nSPS) is 15.9. The van der Waals surface area contributed by atoms with Gasteiger partial charge in [-0.2, -0.15) is 9.40 Å². The molecule has 7 nitrogen and oxygen atoms in total. The van der Waals surface area contributed by atoms with E-state index in [1.807, 2.05) is 26.8 Å². The van der Waals surface area contributed by atoms with Crippen LogP contribution in [0.2, 0.25) is 0 Å². The van der Waals surface area contributed by atoms with Crippen molar-refractivity contribution in [1.29, 1.82) is 0 Å². The van der Waals surface area contributed by atoms with Gasteiger partial charge in [-0.15, -0.1) is 0 Å². The van der Waals surface area contributed by atoms with Gasteiger partial charge in [-0.3, -0.25) is 4.79 Å². The number of anilines is 1. The van der Waals surface area contributed by atoms with Crippen LogP contribution in [0.3, 0.4) is 0 Å². The molecule has 4 rings (SSSR count). The maximum atomic E-state index is 13.4. The van der Waals surface area contributed by atoms with E-state index in [9.17, 15) is 17.6 Å². The molecule has 0 aliphatic carbocycles. The number of carbonyl (C=O) groups is 1. The molecule has 1 aliphatic rings. The number of halogens is 1. The predicted molar refractivity (Wildman–Crippen MR) is 129 cm³/mol. The van der Waals surface area contributed by atoms with Gasteiger partial charge >= 0.3 is 0 Å². The summed E-state index contributed by atoms with van der Waals surface area (Å²) in [6, 6.07) is 16.1. The van der Waals surface area contributed by atoms with E-state index in [4.69, 9.17) is 0 Å². The molecule has 34 heavy (non-hydrogen) atoms. The third-order valence-corrected chi connectivity index (χ3v) is 7.92. The van der Waals surface area contributed by atoms with Crippen molar-refractivity contribution in [2.75, 3.05) is 18.4 Å². The van der Waals surface area contributed by atoms with Crippen molar-refractivity contribution in [2.45, 2.75) is 43.9 Å². The number of nitrogens with zero attached hydrogens (tertiary/aromatic N) is 3. The summed E-state index contributed by atoms with van der Waals surface area (Å²) in [6.07, 6.45) is 0.851. The van der Waals surface area contributed by atoms with Crippen molar-refractivity contribution in [3.05, 3.63) is 72.2 Å². The zero-order chi connectivity index (χ0) is 24.5. The Balaban J connectivity index is 1.49. The number of sulfonamides is 1. The van der Waals surface area contributed by atoms with E-state index in [0.29, 0.717) is 24.3 Å². The quantitative estimate of drug-likeness (QED) is 0.584. The van der Waals surface area contributed by atoms with Gasteiger partial charge in [0.25, 0.3) is 0 Å². The first kappa shape index (κ1) is 24.1. The van der Waals surface area contributed by atoms with Crippen molar-refractivity contribution in [3.63, 3.8) is 0 Å². The van der Waals surface area contributed by atoms with E-state index in [1.165, 1.54) is 16.4 Å². The van der Waals surface area contributed by atoms with Crippen LogP contribution in [-0.4, -0.2) is 41.5 Å². The zero-order valence-electron chi connectivity index (χ0n) is 19.5. The first-order chi connectivity index (χ1) is 16.1. The van der Waals surface area contributed by atoms with Crippen molar-refractivity contribution < 1.29 is 17.6 Å². The molecule has 1 aromatic heterocycles. The van der Waals surface area contributed by atoms with Crippen LogP contribution in [0.4, 0.5) is 10.2 Å². The lowest BCUT2D eigenvalue weighted by molar-refractivity contribution is -0.120. The molecule has 0 atom stereocenters. The van der Waals surface area contributed by atoms with Gasteiger partial charge in [-0.1, -0.05) is 39.0 Å².